The van der Waals surface area contributed by atoms with E-state index in [1.165, 1.54) is 10.4 Å². The maximum absolute atomic E-state index is 10.3. The zero-order chi connectivity index (χ0) is 19.5. The summed E-state index contributed by atoms with van der Waals surface area (Å²) in [5, 5.41) is 13.0. The Hall–Kier alpha value is -1.42. The second-order valence-corrected chi connectivity index (χ2v) is 13.5. The minimum absolute atomic E-state index is 0.0102. The third kappa shape index (κ3) is 4.21. The molecular formula is C24H34O2Si. The van der Waals surface area contributed by atoms with E-state index in [2.05, 4.69) is 88.4 Å². The summed E-state index contributed by atoms with van der Waals surface area (Å²) in [5.74, 6) is 0.854. The average molecular weight is 383 g/mol. The van der Waals surface area contributed by atoms with Gasteiger partial charge in [-0.3, -0.25) is 0 Å². The van der Waals surface area contributed by atoms with E-state index in [1.54, 1.807) is 0 Å². The molecule has 0 radical (unpaired) electrons. The van der Waals surface area contributed by atoms with Crippen LogP contribution >= 0.6 is 0 Å². The van der Waals surface area contributed by atoms with Crippen molar-refractivity contribution in [2.24, 2.45) is 11.8 Å². The maximum Gasteiger partial charge on any atom is 0.261 e. The first-order valence-electron chi connectivity index (χ1n) is 10.3. The van der Waals surface area contributed by atoms with Gasteiger partial charge in [-0.15, -0.1) is 0 Å². The average Bonchev–Trinajstić information content (AvgIpc) is 2.66. The predicted octanol–water partition coefficient (Wildman–Crippen LogP) is 4.36. The fourth-order valence-corrected chi connectivity index (χ4v) is 9.18. The molecule has 3 atom stereocenters. The van der Waals surface area contributed by atoms with Crippen molar-refractivity contribution >= 4 is 18.7 Å². The first-order chi connectivity index (χ1) is 12.8. The van der Waals surface area contributed by atoms with Gasteiger partial charge in [0.05, 0.1) is 6.10 Å². The quantitative estimate of drug-likeness (QED) is 0.779. The molecule has 0 aromatic heterocycles. The van der Waals surface area contributed by atoms with Gasteiger partial charge in [-0.05, 0) is 46.5 Å². The van der Waals surface area contributed by atoms with Gasteiger partial charge in [0.1, 0.15) is 0 Å². The van der Waals surface area contributed by atoms with Crippen molar-refractivity contribution in [3.63, 3.8) is 0 Å². The van der Waals surface area contributed by atoms with Crippen LogP contribution < -0.4 is 10.4 Å². The largest absolute Gasteiger partial charge is 0.407 e. The molecule has 1 aliphatic rings. The van der Waals surface area contributed by atoms with Crippen molar-refractivity contribution in [2.45, 2.75) is 58.1 Å². The summed E-state index contributed by atoms with van der Waals surface area (Å²) in [4.78, 5) is 0. The van der Waals surface area contributed by atoms with E-state index in [1.807, 2.05) is 0 Å². The fraction of sp³-hybridized carbons (Fsp3) is 0.500. The summed E-state index contributed by atoms with van der Waals surface area (Å²) in [6.07, 6.45) is 2.91. The molecule has 0 bridgehead atoms. The summed E-state index contributed by atoms with van der Waals surface area (Å²) < 4.78 is 7.02. The van der Waals surface area contributed by atoms with Gasteiger partial charge >= 0.3 is 0 Å². The third-order valence-electron chi connectivity index (χ3n) is 6.21. The van der Waals surface area contributed by atoms with Gasteiger partial charge in [0.25, 0.3) is 8.32 Å². The molecular weight excluding hydrogens is 348 g/mol. The molecule has 1 saturated carbocycles. The van der Waals surface area contributed by atoms with Crippen molar-refractivity contribution in [1.82, 2.24) is 0 Å². The number of hydrogen-bond acceptors (Lipinski definition) is 2. The van der Waals surface area contributed by atoms with Crippen LogP contribution in [0.25, 0.3) is 0 Å². The lowest BCUT2D eigenvalue weighted by atomic mass is 9.81. The molecule has 27 heavy (non-hydrogen) atoms. The van der Waals surface area contributed by atoms with Crippen LogP contribution in [0.15, 0.2) is 60.7 Å². The molecule has 1 fully saturated rings. The van der Waals surface area contributed by atoms with Crippen LogP contribution in [-0.2, 0) is 4.43 Å². The molecule has 3 heteroatoms. The van der Waals surface area contributed by atoms with Gasteiger partial charge in [-0.25, -0.2) is 0 Å². The Kier molecular flexibility index (Phi) is 6.24. The van der Waals surface area contributed by atoms with Gasteiger partial charge in [-0.2, -0.15) is 0 Å². The lowest BCUT2D eigenvalue weighted by Gasteiger charge is -2.44. The summed E-state index contributed by atoms with van der Waals surface area (Å²) in [5.41, 5.74) is 0. The zero-order valence-corrected chi connectivity index (χ0v) is 18.2. The maximum atomic E-state index is 10.3. The molecule has 0 unspecified atom stereocenters. The molecule has 1 aliphatic carbocycles. The van der Waals surface area contributed by atoms with E-state index in [-0.39, 0.29) is 11.1 Å². The Morgan fingerprint density at radius 3 is 1.89 bits per heavy atom. The number of hydrogen-bond donors (Lipinski definition) is 1. The van der Waals surface area contributed by atoms with E-state index in [9.17, 15) is 5.11 Å². The highest BCUT2D eigenvalue weighted by Crippen LogP contribution is 2.38. The van der Waals surface area contributed by atoms with Crippen molar-refractivity contribution in [1.29, 1.82) is 0 Å². The minimum atomic E-state index is -2.45. The van der Waals surface area contributed by atoms with Gasteiger partial charge < -0.3 is 9.53 Å². The highest BCUT2D eigenvalue weighted by atomic mass is 28.4. The number of aliphatic hydroxyl groups excluding tert-OH is 1. The van der Waals surface area contributed by atoms with Gasteiger partial charge in [0.15, 0.2) is 0 Å². The number of benzene rings is 2. The second-order valence-electron chi connectivity index (χ2n) is 9.20. The summed E-state index contributed by atoms with van der Waals surface area (Å²) in [6.45, 7) is 9.84. The second kappa shape index (κ2) is 8.30. The topological polar surface area (TPSA) is 29.5 Å². The molecule has 1 N–H and O–H groups in total. The van der Waals surface area contributed by atoms with Crippen LogP contribution in [0.5, 0.6) is 0 Å². The Bertz CT molecular complexity index is 669. The Labute approximate surface area is 165 Å². The van der Waals surface area contributed by atoms with Crippen molar-refractivity contribution in [2.75, 3.05) is 6.61 Å². The summed E-state index contributed by atoms with van der Waals surface area (Å²) in [6, 6.07) is 21.6. The summed E-state index contributed by atoms with van der Waals surface area (Å²) >= 11 is 0. The first kappa shape index (κ1) is 20.3. The van der Waals surface area contributed by atoms with Crippen LogP contribution in [0.4, 0.5) is 0 Å². The molecule has 0 saturated heterocycles. The smallest absolute Gasteiger partial charge is 0.261 e. The molecule has 0 heterocycles. The van der Waals surface area contributed by atoms with Gasteiger partial charge in [0.2, 0.25) is 0 Å². The Morgan fingerprint density at radius 2 is 1.44 bits per heavy atom. The SMILES string of the molecule is C[C@@H]1CC[C@H](CO[Si](c2ccccc2)(c2ccccc2)C(C)(C)C)C[C@@H]1O. The Balaban J connectivity index is 1.97. The lowest BCUT2D eigenvalue weighted by Crippen LogP contribution is -2.67. The van der Waals surface area contributed by atoms with Crippen LogP contribution in [0.1, 0.15) is 47.0 Å². The van der Waals surface area contributed by atoms with Crippen molar-refractivity contribution in [3.8, 4) is 0 Å². The molecule has 3 rings (SSSR count). The first-order valence-corrected chi connectivity index (χ1v) is 12.2. The van der Waals surface area contributed by atoms with E-state index in [0.717, 1.165) is 25.9 Å². The molecule has 0 aliphatic heterocycles. The van der Waals surface area contributed by atoms with E-state index in [4.69, 9.17) is 4.43 Å². The van der Waals surface area contributed by atoms with E-state index < -0.39 is 8.32 Å². The lowest BCUT2D eigenvalue weighted by molar-refractivity contribution is 0.0380. The van der Waals surface area contributed by atoms with Gasteiger partial charge in [0, 0.05) is 6.61 Å². The molecule has 2 aromatic rings. The monoisotopic (exact) mass is 382 g/mol. The van der Waals surface area contributed by atoms with Crippen LogP contribution in [0.3, 0.4) is 0 Å². The minimum Gasteiger partial charge on any atom is -0.407 e. The van der Waals surface area contributed by atoms with Crippen molar-refractivity contribution in [3.05, 3.63) is 60.7 Å². The van der Waals surface area contributed by atoms with Crippen LogP contribution in [0.2, 0.25) is 5.04 Å². The number of aliphatic hydroxyl groups is 1. The highest BCUT2D eigenvalue weighted by Gasteiger charge is 2.50. The standard InChI is InChI=1S/C24H34O2Si/c1-19-15-16-20(17-23(19)25)18-26-27(24(2,3)4,21-11-7-5-8-12-21)22-13-9-6-10-14-22/h5-14,19-20,23,25H,15-18H2,1-4H3/t19-,20+,23+/m1/s1. The van der Waals surface area contributed by atoms with Gasteiger partial charge in [-0.1, -0.05) is 88.4 Å². The molecule has 0 spiro atoms. The molecule has 0 amide bonds. The molecule has 2 nitrogen and oxygen atoms in total. The molecule has 146 valence electrons. The third-order valence-corrected chi connectivity index (χ3v) is 11.2. The van der Waals surface area contributed by atoms with Crippen LogP contribution in [-0.4, -0.2) is 26.1 Å². The fourth-order valence-electron chi connectivity index (χ4n) is 4.54. The highest BCUT2D eigenvalue weighted by molar-refractivity contribution is 6.99. The predicted molar refractivity (Wildman–Crippen MR) is 116 cm³/mol. The van der Waals surface area contributed by atoms with E-state index in [0.29, 0.717) is 11.8 Å². The van der Waals surface area contributed by atoms with Crippen LogP contribution in [0, 0.1) is 11.8 Å². The zero-order valence-electron chi connectivity index (χ0n) is 17.2. The Morgan fingerprint density at radius 1 is 0.926 bits per heavy atom. The summed E-state index contributed by atoms with van der Waals surface area (Å²) in [7, 11) is -2.45. The van der Waals surface area contributed by atoms with E-state index >= 15 is 0 Å². The number of rotatable bonds is 5. The normalized spacial score (nSPS) is 24.0. The molecule has 2 aromatic carbocycles. The van der Waals surface area contributed by atoms with Crippen molar-refractivity contribution < 1.29 is 9.53 Å².